The van der Waals surface area contributed by atoms with Crippen molar-refractivity contribution >= 4 is 44.9 Å². The van der Waals surface area contributed by atoms with Crippen molar-refractivity contribution in [1.82, 2.24) is 10.3 Å². The average molecular weight is 373 g/mol. The summed E-state index contributed by atoms with van der Waals surface area (Å²) in [6.07, 6.45) is 0. The van der Waals surface area contributed by atoms with Crippen LogP contribution in [0.1, 0.15) is 11.1 Å². The van der Waals surface area contributed by atoms with E-state index in [0.29, 0.717) is 12.1 Å². The van der Waals surface area contributed by atoms with Crippen LogP contribution < -0.4 is 5.32 Å². The number of hydrogen-bond acceptors (Lipinski definition) is 6. The zero-order chi connectivity index (χ0) is 17.8. The number of hydrogen-bond donors (Lipinski definition) is 1. The van der Waals surface area contributed by atoms with Crippen molar-refractivity contribution in [3.63, 3.8) is 0 Å². The molecule has 6 nitrogen and oxygen atoms in total. The summed E-state index contributed by atoms with van der Waals surface area (Å²) in [4.78, 5) is 26.7. The molecule has 0 unspecified atom stereocenters. The SMILES string of the molecule is Cc1ccc(CNC(=O)CSc2nc3ccc([N+](=O)[O-])cc3s2)cc1. The summed E-state index contributed by atoms with van der Waals surface area (Å²) in [6, 6.07) is 12.6. The minimum absolute atomic E-state index is 0.0449. The van der Waals surface area contributed by atoms with Gasteiger partial charge in [-0.15, -0.1) is 11.3 Å². The Hall–Kier alpha value is -2.45. The Morgan fingerprint density at radius 1 is 1.28 bits per heavy atom. The highest BCUT2D eigenvalue weighted by Crippen LogP contribution is 2.31. The first-order chi connectivity index (χ1) is 12.0. The van der Waals surface area contributed by atoms with Gasteiger partial charge in [0, 0.05) is 18.7 Å². The summed E-state index contributed by atoms with van der Waals surface area (Å²) < 4.78 is 1.47. The molecule has 0 saturated carbocycles. The van der Waals surface area contributed by atoms with Gasteiger partial charge >= 0.3 is 0 Å². The van der Waals surface area contributed by atoms with Gasteiger partial charge in [0.15, 0.2) is 4.34 Å². The van der Waals surface area contributed by atoms with Gasteiger partial charge in [-0.2, -0.15) is 0 Å². The van der Waals surface area contributed by atoms with Crippen LogP contribution in [0, 0.1) is 17.0 Å². The van der Waals surface area contributed by atoms with Gasteiger partial charge in [0.05, 0.1) is 20.9 Å². The summed E-state index contributed by atoms with van der Waals surface area (Å²) in [6.45, 7) is 2.51. The number of nitrogens with zero attached hydrogens (tertiary/aromatic N) is 2. The molecule has 128 valence electrons. The number of nitrogens with one attached hydrogen (secondary N) is 1. The van der Waals surface area contributed by atoms with Crippen LogP contribution in [0.15, 0.2) is 46.8 Å². The number of amides is 1. The molecule has 0 radical (unpaired) electrons. The second kappa shape index (κ2) is 7.62. The molecular formula is C17H15N3O3S2. The minimum Gasteiger partial charge on any atom is -0.351 e. The summed E-state index contributed by atoms with van der Waals surface area (Å²) >= 11 is 2.69. The average Bonchev–Trinajstić information content (AvgIpc) is 3.01. The molecule has 1 amide bonds. The number of thiazole rings is 1. The molecule has 0 aliphatic rings. The van der Waals surface area contributed by atoms with Crippen LogP contribution in [0.5, 0.6) is 0 Å². The van der Waals surface area contributed by atoms with Gasteiger partial charge in [0.2, 0.25) is 5.91 Å². The maximum absolute atomic E-state index is 12.0. The van der Waals surface area contributed by atoms with Gasteiger partial charge in [-0.25, -0.2) is 4.98 Å². The third-order valence-electron chi connectivity index (χ3n) is 3.50. The number of fused-ring (bicyclic) bond motifs is 1. The van der Waals surface area contributed by atoms with Crippen LogP contribution in [-0.4, -0.2) is 21.6 Å². The van der Waals surface area contributed by atoms with Crippen molar-refractivity contribution < 1.29 is 9.72 Å². The third-order valence-corrected chi connectivity index (χ3v) is 5.66. The van der Waals surface area contributed by atoms with Crippen molar-refractivity contribution in [2.24, 2.45) is 0 Å². The summed E-state index contributed by atoms with van der Waals surface area (Å²) in [7, 11) is 0. The largest absolute Gasteiger partial charge is 0.351 e. The fraction of sp³-hybridized carbons (Fsp3) is 0.176. The number of carbonyl (C=O) groups is 1. The fourth-order valence-electron chi connectivity index (χ4n) is 2.15. The molecule has 0 spiro atoms. The number of thioether (sulfide) groups is 1. The number of benzene rings is 2. The number of aryl methyl sites for hydroxylation is 1. The number of carbonyl (C=O) groups excluding carboxylic acids is 1. The zero-order valence-electron chi connectivity index (χ0n) is 13.4. The highest BCUT2D eigenvalue weighted by atomic mass is 32.2. The molecule has 0 aliphatic carbocycles. The molecule has 2 aromatic carbocycles. The van der Waals surface area contributed by atoms with Crippen LogP contribution in [0.3, 0.4) is 0 Å². The normalized spacial score (nSPS) is 10.8. The van der Waals surface area contributed by atoms with Gasteiger partial charge in [0.25, 0.3) is 5.69 Å². The Balaban J connectivity index is 1.55. The second-order valence-electron chi connectivity index (χ2n) is 5.44. The van der Waals surface area contributed by atoms with E-state index in [4.69, 9.17) is 0 Å². The number of rotatable bonds is 6. The van der Waals surface area contributed by atoms with E-state index in [0.717, 1.165) is 14.6 Å². The van der Waals surface area contributed by atoms with E-state index in [1.165, 1.54) is 40.8 Å². The Labute approximate surface area is 152 Å². The van der Waals surface area contributed by atoms with E-state index in [1.54, 1.807) is 6.07 Å². The Bertz CT molecular complexity index is 923. The van der Waals surface area contributed by atoms with Gasteiger partial charge < -0.3 is 5.32 Å². The number of non-ortho nitro benzene ring substituents is 1. The first-order valence-electron chi connectivity index (χ1n) is 7.51. The molecule has 0 fully saturated rings. The smallest absolute Gasteiger partial charge is 0.270 e. The number of nitro benzene ring substituents is 1. The highest BCUT2D eigenvalue weighted by Gasteiger charge is 2.11. The predicted molar refractivity (Wildman–Crippen MR) is 100 cm³/mol. The minimum atomic E-state index is -0.426. The molecule has 1 N–H and O–H groups in total. The second-order valence-corrected chi connectivity index (χ2v) is 7.69. The molecule has 1 aromatic heterocycles. The third kappa shape index (κ3) is 4.55. The predicted octanol–water partition coefficient (Wildman–Crippen LogP) is 3.92. The molecule has 3 rings (SSSR count). The molecule has 3 aromatic rings. The van der Waals surface area contributed by atoms with E-state index in [-0.39, 0.29) is 17.3 Å². The lowest BCUT2D eigenvalue weighted by atomic mass is 10.1. The number of aromatic nitrogens is 1. The van der Waals surface area contributed by atoms with E-state index < -0.39 is 4.92 Å². The molecule has 0 atom stereocenters. The monoisotopic (exact) mass is 373 g/mol. The standard InChI is InChI=1S/C17H15N3O3S2/c1-11-2-4-12(5-3-11)9-18-16(21)10-24-17-19-14-7-6-13(20(22)23)8-15(14)25-17/h2-8H,9-10H2,1H3,(H,18,21). The van der Waals surface area contributed by atoms with E-state index in [2.05, 4.69) is 10.3 Å². The van der Waals surface area contributed by atoms with Crippen molar-refractivity contribution in [3.8, 4) is 0 Å². The molecule has 8 heteroatoms. The summed E-state index contributed by atoms with van der Waals surface area (Å²) in [5.41, 5.74) is 2.99. The lowest BCUT2D eigenvalue weighted by molar-refractivity contribution is -0.384. The summed E-state index contributed by atoms with van der Waals surface area (Å²) in [5, 5.41) is 13.7. The van der Waals surface area contributed by atoms with Crippen molar-refractivity contribution in [2.45, 2.75) is 17.8 Å². The Kier molecular flexibility index (Phi) is 5.30. The molecule has 0 aliphatic heterocycles. The van der Waals surface area contributed by atoms with Gasteiger partial charge in [-0.05, 0) is 18.6 Å². The van der Waals surface area contributed by atoms with Crippen LogP contribution >= 0.6 is 23.1 Å². The fourth-order valence-corrected chi connectivity index (χ4v) is 4.08. The van der Waals surface area contributed by atoms with Gasteiger partial charge in [-0.3, -0.25) is 14.9 Å². The highest BCUT2D eigenvalue weighted by molar-refractivity contribution is 8.01. The maximum Gasteiger partial charge on any atom is 0.270 e. The topological polar surface area (TPSA) is 85.1 Å². The van der Waals surface area contributed by atoms with Crippen molar-refractivity contribution in [3.05, 3.63) is 63.7 Å². The molecule has 1 heterocycles. The lowest BCUT2D eigenvalue weighted by Gasteiger charge is -2.04. The quantitative estimate of drug-likeness (QED) is 0.402. The Morgan fingerprint density at radius 3 is 2.76 bits per heavy atom. The van der Waals surface area contributed by atoms with Crippen LogP contribution in [-0.2, 0) is 11.3 Å². The molecular weight excluding hydrogens is 358 g/mol. The Morgan fingerprint density at radius 2 is 2.04 bits per heavy atom. The van der Waals surface area contributed by atoms with E-state index in [9.17, 15) is 14.9 Å². The van der Waals surface area contributed by atoms with E-state index in [1.807, 2.05) is 31.2 Å². The van der Waals surface area contributed by atoms with E-state index >= 15 is 0 Å². The molecule has 25 heavy (non-hydrogen) atoms. The maximum atomic E-state index is 12.0. The van der Waals surface area contributed by atoms with Gasteiger partial charge in [0.1, 0.15) is 0 Å². The molecule has 0 saturated heterocycles. The molecule has 0 bridgehead atoms. The first kappa shape index (κ1) is 17.4. The first-order valence-corrected chi connectivity index (χ1v) is 9.31. The van der Waals surface area contributed by atoms with Crippen LogP contribution in [0.25, 0.3) is 10.2 Å². The van der Waals surface area contributed by atoms with Crippen molar-refractivity contribution in [1.29, 1.82) is 0 Å². The summed E-state index contributed by atoms with van der Waals surface area (Å²) in [5.74, 6) is 0.184. The van der Waals surface area contributed by atoms with Crippen LogP contribution in [0.2, 0.25) is 0 Å². The van der Waals surface area contributed by atoms with Gasteiger partial charge in [-0.1, -0.05) is 41.6 Å². The van der Waals surface area contributed by atoms with Crippen molar-refractivity contribution in [2.75, 3.05) is 5.75 Å². The zero-order valence-corrected chi connectivity index (χ0v) is 15.0. The number of nitro groups is 1. The lowest BCUT2D eigenvalue weighted by Crippen LogP contribution is -2.24. The van der Waals surface area contributed by atoms with Crippen LogP contribution in [0.4, 0.5) is 5.69 Å².